The number of hydrogen-bond donors (Lipinski definition) is 2. The number of benzene rings is 1. The molecule has 0 aromatic heterocycles. The number of aliphatic hydroxyl groups is 2. The fraction of sp³-hybridized carbons (Fsp3) is 0.500. The molecule has 0 aliphatic heterocycles. The maximum absolute atomic E-state index is 8.91. The first-order chi connectivity index (χ1) is 7.67. The third-order valence-corrected chi connectivity index (χ3v) is 3.32. The lowest BCUT2D eigenvalue weighted by atomic mass is 9.94. The minimum absolute atomic E-state index is 0.145. The van der Waals surface area contributed by atoms with E-state index in [-0.39, 0.29) is 19.1 Å². The fourth-order valence-corrected chi connectivity index (χ4v) is 2.03. The molecule has 0 aliphatic rings. The summed E-state index contributed by atoms with van der Waals surface area (Å²) in [4.78, 5) is 0. The summed E-state index contributed by atoms with van der Waals surface area (Å²) in [5.41, 5.74) is 1.08. The van der Waals surface area contributed by atoms with Crippen molar-refractivity contribution in [2.24, 2.45) is 5.92 Å². The van der Waals surface area contributed by atoms with Gasteiger partial charge in [0.05, 0.1) is 10.0 Å². The Morgan fingerprint density at radius 2 is 1.62 bits per heavy atom. The normalized spacial score (nSPS) is 11.1. The molecule has 0 bridgehead atoms. The molecule has 16 heavy (non-hydrogen) atoms. The molecule has 0 unspecified atom stereocenters. The van der Waals surface area contributed by atoms with Crippen LogP contribution >= 0.6 is 23.2 Å². The lowest BCUT2D eigenvalue weighted by Gasteiger charge is -2.14. The van der Waals surface area contributed by atoms with Gasteiger partial charge in [-0.1, -0.05) is 29.3 Å². The second-order valence-corrected chi connectivity index (χ2v) is 4.66. The maximum atomic E-state index is 8.91. The van der Waals surface area contributed by atoms with Gasteiger partial charge in [0.2, 0.25) is 0 Å². The summed E-state index contributed by atoms with van der Waals surface area (Å²) in [6, 6.07) is 5.54. The predicted octanol–water partition coefficient (Wildman–Crippen LogP) is 2.92. The van der Waals surface area contributed by atoms with Gasteiger partial charge in [0.1, 0.15) is 0 Å². The van der Waals surface area contributed by atoms with E-state index >= 15 is 0 Å². The minimum Gasteiger partial charge on any atom is -0.396 e. The highest BCUT2D eigenvalue weighted by molar-refractivity contribution is 6.42. The van der Waals surface area contributed by atoms with E-state index in [1.807, 2.05) is 12.1 Å². The molecule has 0 radical (unpaired) electrons. The van der Waals surface area contributed by atoms with Crippen molar-refractivity contribution in [1.29, 1.82) is 0 Å². The summed E-state index contributed by atoms with van der Waals surface area (Å²) in [7, 11) is 0. The summed E-state index contributed by atoms with van der Waals surface area (Å²) in [6.45, 7) is 0.290. The van der Waals surface area contributed by atoms with Crippen molar-refractivity contribution in [3.8, 4) is 0 Å². The highest BCUT2D eigenvalue weighted by Gasteiger charge is 2.09. The zero-order chi connectivity index (χ0) is 12.0. The van der Waals surface area contributed by atoms with Crippen LogP contribution in [0.1, 0.15) is 18.4 Å². The Kier molecular flexibility index (Phi) is 6.14. The average Bonchev–Trinajstić information content (AvgIpc) is 2.24. The van der Waals surface area contributed by atoms with Crippen LogP contribution in [0.3, 0.4) is 0 Å². The van der Waals surface area contributed by atoms with E-state index in [4.69, 9.17) is 33.4 Å². The Bertz CT molecular complexity index is 323. The highest BCUT2D eigenvalue weighted by Crippen LogP contribution is 2.25. The van der Waals surface area contributed by atoms with Crippen molar-refractivity contribution in [1.82, 2.24) is 0 Å². The molecule has 2 nitrogen and oxygen atoms in total. The Balaban J connectivity index is 2.65. The van der Waals surface area contributed by atoms with Crippen molar-refractivity contribution >= 4 is 23.2 Å². The van der Waals surface area contributed by atoms with E-state index in [9.17, 15) is 0 Å². The molecule has 2 N–H and O–H groups in total. The fourth-order valence-electron chi connectivity index (χ4n) is 1.71. The molecule has 0 heterocycles. The monoisotopic (exact) mass is 262 g/mol. The smallest absolute Gasteiger partial charge is 0.0595 e. The first-order valence-corrected chi connectivity index (χ1v) is 6.08. The van der Waals surface area contributed by atoms with Crippen LogP contribution in [0.2, 0.25) is 10.0 Å². The Labute approximate surface area is 106 Å². The van der Waals surface area contributed by atoms with Crippen LogP contribution in [-0.4, -0.2) is 23.4 Å². The molecule has 1 rings (SSSR count). The maximum Gasteiger partial charge on any atom is 0.0595 e. The topological polar surface area (TPSA) is 40.5 Å². The van der Waals surface area contributed by atoms with Crippen LogP contribution in [0.5, 0.6) is 0 Å². The van der Waals surface area contributed by atoms with Gasteiger partial charge in [-0.2, -0.15) is 0 Å². The second-order valence-electron chi connectivity index (χ2n) is 3.84. The van der Waals surface area contributed by atoms with Crippen LogP contribution in [0.4, 0.5) is 0 Å². The predicted molar refractivity (Wildman–Crippen MR) is 67.1 cm³/mol. The largest absolute Gasteiger partial charge is 0.396 e. The van der Waals surface area contributed by atoms with Crippen molar-refractivity contribution in [3.05, 3.63) is 33.8 Å². The highest BCUT2D eigenvalue weighted by atomic mass is 35.5. The van der Waals surface area contributed by atoms with Crippen molar-refractivity contribution in [3.63, 3.8) is 0 Å². The van der Waals surface area contributed by atoms with Crippen LogP contribution in [0.15, 0.2) is 18.2 Å². The van der Waals surface area contributed by atoms with Crippen LogP contribution in [-0.2, 0) is 6.42 Å². The van der Waals surface area contributed by atoms with E-state index in [2.05, 4.69) is 0 Å². The van der Waals surface area contributed by atoms with Gasteiger partial charge in [-0.05, 0) is 42.9 Å². The van der Waals surface area contributed by atoms with Crippen LogP contribution in [0.25, 0.3) is 0 Å². The van der Waals surface area contributed by atoms with Gasteiger partial charge in [0, 0.05) is 13.2 Å². The van der Waals surface area contributed by atoms with Gasteiger partial charge in [-0.3, -0.25) is 0 Å². The van der Waals surface area contributed by atoms with Gasteiger partial charge in [-0.15, -0.1) is 0 Å². The van der Waals surface area contributed by atoms with Gasteiger partial charge in [0.15, 0.2) is 0 Å². The molecular formula is C12H16Cl2O2. The Hall–Kier alpha value is -0.280. The van der Waals surface area contributed by atoms with Gasteiger partial charge in [-0.25, -0.2) is 0 Å². The number of aliphatic hydroxyl groups excluding tert-OH is 2. The first kappa shape index (κ1) is 13.8. The average molecular weight is 263 g/mol. The quantitative estimate of drug-likeness (QED) is 0.828. The van der Waals surface area contributed by atoms with E-state index in [1.165, 1.54) is 0 Å². The van der Waals surface area contributed by atoms with E-state index in [0.29, 0.717) is 22.9 Å². The molecule has 0 amide bonds. The first-order valence-electron chi connectivity index (χ1n) is 5.33. The number of halogens is 2. The molecule has 0 spiro atoms. The van der Waals surface area contributed by atoms with E-state index < -0.39 is 0 Å². The van der Waals surface area contributed by atoms with E-state index in [1.54, 1.807) is 6.07 Å². The van der Waals surface area contributed by atoms with Gasteiger partial charge >= 0.3 is 0 Å². The van der Waals surface area contributed by atoms with Gasteiger partial charge in [0.25, 0.3) is 0 Å². The molecule has 1 aromatic rings. The van der Waals surface area contributed by atoms with Crippen molar-refractivity contribution < 1.29 is 10.2 Å². The SMILES string of the molecule is OCCC(CCO)Cc1ccc(Cl)c(Cl)c1. The Morgan fingerprint density at radius 3 is 2.12 bits per heavy atom. The standard InChI is InChI=1S/C12H16Cl2O2/c13-11-2-1-10(8-12(11)14)7-9(3-5-15)4-6-16/h1-2,8-9,15-16H,3-7H2. The molecule has 0 saturated heterocycles. The molecule has 0 fully saturated rings. The lowest BCUT2D eigenvalue weighted by molar-refractivity contribution is 0.215. The molecule has 0 saturated carbocycles. The zero-order valence-corrected chi connectivity index (χ0v) is 10.5. The van der Waals surface area contributed by atoms with E-state index in [0.717, 1.165) is 12.0 Å². The molecule has 90 valence electrons. The molecular weight excluding hydrogens is 247 g/mol. The summed E-state index contributed by atoms with van der Waals surface area (Å²) >= 11 is 11.7. The van der Waals surface area contributed by atoms with Crippen LogP contribution < -0.4 is 0 Å². The summed E-state index contributed by atoms with van der Waals surface area (Å²) in [5, 5.41) is 18.9. The van der Waals surface area contributed by atoms with Crippen LogP contribution in [0, 0.1) is 5.92 Å². The number of rotatable bonds is 6. The number of hydrogen-bond acceptors (Lipinski definition) is 2. The Morgan fingerprint density at radius 1 is 1.00 bits per heavy atom. The third-order valence-electron chi connectivity index (χ3n) is 2.58. The summed E-state index contributed by atoms with van der Waals surface area (Å²) < 4.78 is 0. The van der Waals surface area contributed by atoms with Gasteiger partial charge < -0.3 is 10.2 Å². The minimum atomic E-state index is 0.145. The van der Waals surface area contributed by atoms with Crippen molar-refractivity contribution in [2.75, 3.05) is 13.2 Å². The lowest BCUT2D eigenvalue weighted by Crippen LogP contribution is -2.09. The molecule has 0 aliphatic carbocycles. The molecule has 4 heteroatoms. The second kappa shape index (κ2) is 7.13. The zero-order valence-electron chi connectivity index (χ0n) is 9.00. The molecule has 0 atom stereocenters. The van der Waals surface area contributed by atoms with Crippen molar-refractivity contribution in [2.45, 2.75) is 19.3 Å². The summed E-state index contributed by atoms with van der Waals surface area (Å²) in [6.07, 6.45) is 2.19. The summed E-state index contributed by atoms with van der Waals surface area (Å²) in [5.74, 6) is 0.284. The third kappa shape index (κ3) is 4.30. The molecule has 1 aromatic carbocycles.